The molecule has 27 heavy (non-hydrogen) atoms. The minimum atomic E-state index is -3.43. The van der Waals surface area contributed by atoms with Gasteiger partial charge in [0.05, 0.1) is 10.5 Å². The lowest BCUT2D eigenvalue weighted by Crippen LogP contribution is -2.10. The molecule has 0 atom stereocenters. The van der Waals surface area contributed by atoms with Crippen LogP contribution in [-0.2, 0) is 24.2 Å². The summed E-state index contributed by atoms with van der Waals surface area (Å²) < 4.78 is 41.8. The average molecular weight is 392 g/mol. The van der Waals surface area contributed by atoms with Gasteiger partial charge in [-0.15, -0.1) is 0 Å². The van der Waals surface area contributed by atoms with E-state index in [1.165, 1.54) is 49.4 Å². The maximum Gasteiger partial charge on any atom is 0.336 e. The van der Waals surface area contributed by atoms with Gasteiger partial charge >= 0.3 is 11.9 Å². The first-order chi connectivity index (χ1) is 12.6. The fourth-order valence-electron chi connectivity index (χ4n) is 2.45. The molecule has 0 saturated carbocycles. The smallest absolute Gasteiger partial charge is 0.336 e. The summed E-state index contributed by atoms with van der Waals surface area (Å²) in [6.07, 6.45) is 1.05. The summed E-state index contributed by atoms with van der Waals surface area (Å²) in [6, 6.07) is 10.5. The van der Waals surface area contributed by atoms with E-state index in [-0.39, 0.29) is 28.2 Å². The summed E-state index contributed by atoms with van der Waals surface area (Å²) in [5.41, 5.74) is 0.299. The van der Waals surface area contributed by atoms with Gasteiger partial charge in [0.25, 0.3) is 0 Å². The van der Waals surface area contributed by atoms with Gasteiger partial charge in [-0.1, -0.05) is 24.3 Å². The number of carboxylic acids is 1. The fourth-order valence-corrected chi connectivity index (χ4v) is 3.08. The van der Waals surface area contributed by atoms with E-state index in [0.717, 1.165) is 12.3 Å². The van der Waals surface area contributed by atoms with Crippen molar-refractivity contribution in [3.05, 3.63) is 65.5 Å². The van der Waals surface area contributed by atoms with Crippen molar-refractivity contribution in [2.24, 2.45) is 0 Å². The van der Waals surface area contributed by atoms with E-state index in [1.54, 1.807) is 0 Å². The minimum Gasteiger partial charge on any atom is -0.478 e. The van der Waals surface area contributed by atoms with Gasteiger partial charge in [0.15, 0.2) is 9.84 Å². The molecule has 1 N–H and O–H groups in total. The highest BCUT2D eigenvalue weighted by molar-refractivity contribution is 7.90. The van der Waals surface area contributed by atoms with Crippen LogP contribution in [0.2, 0.25) is 0 Å². The maximum atomic E-state index is 13.6. The molecule has 0 unspecified atom stereocenters. The molecule has 2 aromatic carbocycles. The van der Waals surface area contributed by atoms with E-state index >= 15 is 0 Å². The standard InChI is InChI=1S/C19H17FO6S/c1-12(21)26-11-17(13-6-8-16(9-7-13)27(2,24)25)18(19(22)23)14-4-3-5-15(20)10-14/h3-10H,11H2,1-2H3,(H,22,23). The molecular weight excluding hydrogens is 375 g/mol. The summed E-state index contributed by atoms with van der Waals surface area (Å²) in [5.74, 6) is -2.58. The van der Waals surface area contributed by atoms with Crippen LogP contribution >= 0.6 is 0 Å². The molecule has 0 aliphatic heterocycles. The zero-order valence-electron chi connectivity index (χ0n) is 14.6. The summed E-state index contributed by atoms with van der Waals surface area (Å²) >= 11 is 0. The molecule has 0 aromatic heterocycles. The number of ether oxygens (including phenoxy) is 1. The highest BCUT2D eigenvalue weighted by Crippen LogP contribution is 2.28. The summed E-state index contributed by atoms with van der Waals surface area (Å²) in [7, 11) is -3.43. The van der Waals surface area contributed by atoms with Gasteiger partial charge in [-0.25, -0.2) is 17.6 Å². The quantitative estimate of drug-likeness (QED) is 0.461. The molecule has 0 bridgehead atoms. The fraction of sp³-hybridized carbons (Fsp3) is 0.158. The molecule has 8 heteroatoms. The van der Waals surface area contributed by atoms with Gasteiger partial charge in [-0.2, -0.15) is 0 Å². The van der Waals surface area contributed by atoms with Crippen molar-refractivity contribution in [3.63, 3.8) is 0 Å². The summed E-state index contributed by atoms with van der Waals surface area (Å²) in [6.45, 7) is 0.804. The molecule has 0 aliphatic rings. The van der Waals surface area contributed by atoms with E-state index in [1.807, 2.05) is 0 Å². The second kappa shape index (κ2) is 8.13. The Morgan fingerprint density at radius 3 is 2.19 bits per heavy atom. The first-order valence-electron chi connectivity index (χ1n) is 7.76. The van der Waals surface area contributed by atoms with Crippen molar-refractivity contribution in [3.8, 4) is 0 Å². The Morgan fingerprint density at radius 2 is 1.70 bits per heavy atom. The third-order valence-electron chi connectivity index (χ3n) is 3.68. The number of aliphatic carboxylic acids is 1. The molecule has 0 saturated heterocycles. The monoisotopic (exact) mass is 392 g/mol. The normalized spacial score (nSPS) is 12.3. The number of carboxylic acid groups (broad SMARTS) is 1. The van der Waals surface area contributed by atoms with Gasteiger partial charge in [0.2, 0.25) is 0 Å². The van der Waals surface area contributed by atoms with E-state index in [0.29, 0.717) is 5.56 Å². The zero-order valence-corrected chi connectivity index (χ0v) is 15.4. The first-order valence-corrected chi connectivity index (χ1v) is 9.65. The Kier molecular flexibility index (Phi) is 6.12. The predicted octanol–water partition coefficient (Wildman–Crippen LogP) is 2.79. The number of hydrogen-bond acceptors (Lipinski definition) is 5. The second-order valence-electron chi connectivity index (χ2n) is 5.75. The lowest BCUT2D eigenvalue weighted by atomic mass is 9.95. The number of halogens is 1. The van der Waals surface area contributed by atoms with Crippen molar-refractivity contribution >= 4 is 32.9 Å². The van der Waals surface area contributed by atoms with E-state index in [2.05, 4.69) is 0 Å². The first kappa shape index (κ1) is 20.3. The van der Waals surface area contributed by atoms with E-state index in [9.17, 15) is 27.5 Å². The number of carbonyl (C=O) groups is 2. The Hall–Kier alpha value is -3.00. The highest BCUT2D eigenvalue weighted by Gasteiger charge is 2.20. The average Bonchev–Trinajstić information content (AvgIpc) is 2.57. The maximum absolute atomic E-state index is 13.6. The molecule has 2 aromatic rings. The van der Waals surface area contributed by atoms with Crippen LogP contribution in [0, 0.1) is 5.82 Å². The molecule has 0 aliphatic carbocycles. The number of carbonyl (C=O) groups excluding carboxylic acids is 1. The van der Waals surface area contributed by atoms with Gasteiger partial charge in [-0.3, -0.25) is 4.79 Å². The third-order valence-corrected chi connectivity index (χ3v) is 4.81. The highest BCUT2D eigenvalue weighted by atomic mass is 32.2. The van der Waals surface area contributed by atoms with Gasteiger partial charge in [0, 0.05) is 18.8 Å². The topological polar surface area (TPSA) is 97.7 Å². The molecule has 6 nitrogen and oxygen atoms in total. The van der Waals surface area contributed by atoms with Crippen LogP contribution in [0.3, 0.4) is 0 Å². The van der Waals surface area contributed by atoms with Crippen LogP contribution in [0.25, 0.3) is 11.1 Å². The third kappa shape index (κ3) is 5.24. The van der Waals surface area contributed by atoms with Crippen LogP contribution in [0.15, 0.2) is 53.4 Å². The Labute approximate surface area is 155 Å². The Bertz CT molecular complexity index is 1010. The van der Waals surface area contributed by atoms with Crippen LogP contribution in [0.1, 0.15) is 18.1 Å². The molecule has 0 radical (unpaired) electrons. The molecule has 0 spiro atoms. The van der Waals surface area contributed by atoms with E-state index in [4.69, 9.17) is 4.74 Å². The molecule has 2 rings (SSSR count). The lowest BCUT2D eigenvalue weighted by Gasteiger charge is -2.14. The van der Waals surface area contributed by atoms with Crippen molar-refractivity contribution in [1.29, 1.82) is 0 Å². The number of benzene rings is 2. The summed E-state index contributed by atoms with van der Waals surface area (Å²) in [5, 5.41) is 9.68. The lowest BCUT2D eigenvalue weighted by molar-refractivity contribution is -0.139. The number of sulfone groups is 1. The van der Waals surface area contributed by atoms with Crippen LogP contribution < -0.4 is 0 Å². The number of esters is 1. The van der Waals surface area contributed by atoms with Crippen molar-refractivity contribution in [1.82, 2.24) is 0 Å². The second-order valence-corrected chi connectivity index (χ2v) is 7.76. The Balaban J connectivity index is 2.68. The Morgan fingerprint density at radius 1 is 1.07 bits per heavy atom. The molecule has 142 valence electrons. The van der Waals surface area contributed by atoms with Crippen molar-refractivity contribution in [2.45, 2.75) is 11.8 Å². The van der Waals surface area contributed by atoms with Gasteiger partial charge < -0.3 is 9.84 Å². The van der Waals surface area contributed by atoms with Crippen LogP contribution in [0.4, 0.5) is 4.39 Å². The predicted molar refractivity (Wildman–Crippen MR) is 97.0 cm³/mol. The molecule has 0 fully saturated rings. The molecule has 0 amide bonds. The zero-order chi connectivity index (χ0) is 20.2. The largest absolute Gasteiger partial charge is 0.478 e. The molecular formula is C19H17FO6S. The van der Waals surface area contributed by atoms with Crippen LogP contribution in [0.5, 0.6) is 0 Å². The molecule has 0 heterocycles. The summed E-state index contributed by atoms with van der Waals surface area (Å²) in [4.78, 5) is 23.2. The van der Waals surface area contributed by atoms with Crippen molar-refractivity contribution < 1.29 is 32.2 Å². The SMILES string of the molecule is CC(=O)OCC(=C(C(=O)O)c1cccc(F)c1)c1ccc(S(C)(=O)=O)cc1. The van der Waals surface area contributed by atoms with Crippen LogP contribution in [-0.4, -0.2) is 38.3 Å². The van der Waals surface area contributed by atoms with Gasteiger partial charge in [0.1, 0.15) is 12.4 Å². The number of hydrogen-bond donors (Lipinski definition) is 1. The van der Waals surface area contributed by atoms with E-state index < -0.39 is 27.6 Å². The minimum absolute atomic E-state index is 0.0562. The van der Waals surface area contributed by atoms with Crippen molar-refractivity contribution in [2.75, 3.05) is 12.9 Å². The van der Waals surface area contributed by atoms with Gasteiger partial charge in [-0.05, 0) is 35.4 Å². The number of rotatable bonds is 6.